The average Bonchev–Trinajstić information content (AvgIpc) is 3.20. The zero-order valence-corrected chi connectivity index (χ0v) is 23.4. The van der Waals surface area contributed by atoms with Gasteiger partial charge in [0.2, 0.25) is 0 Å². The van der Waals surface area contributed by atoms with Gasteiger partial charge in [0, 0.05) is 42.7 Å². The molecule has 1 aromatic heterocycles. The number of nitrogens with zero attached hydrogens (tertiary/aromatic N) is 3. The number of benzene rings is 2. The average molecular weight is 585 g/mol. The molecule has 5 N–H and O–H groups in total. The van der Waals surface area contributed by atoms with E-state index >= 15 is 8.78 Å². The highest BCUT2D eigenvalue weighted by atomic mass is 32.1. The number of anilines is 2. The maximum atomic E-state index is 15.9. The number of rotatable bonds is 7. The number of hydrogen-bond donors (Lipinski definition) is 4. The summed E-state index contributed by atoms with van der Waals surface area (Å²) in [7, 11) is 1.53. The second kappa shape index (κ2) is 11.7. The Kier molecular flexibility index (Phi) is 8.24. The standard InChI is InChI=1S/C29H31F3N6O2S/c1-35-38(16-29(40)6-2-7-29)26-22(34)13-20(24(31)25(26)32)27-19(17-4-5-18(15-33)21(30)12-17)14-23(41-27)28(39)37-10-3-8-36-9-11-37/h4-5,12-14,35-36,40H,2-3,6-11,16,34H2,1H3. The van der Waals surface area contributed by atoms with E-state index in [1.54, 1.807) is 17.0 Å². The first-order valence-corrected chi connectivity index (χ1v) is 14.3. The van der Waals surface area contributed by atoms with Crippen LogP contribution in [0, 0.1) is 28.8 Å². The zero-order valence-electron chi connectivity index (χ0n) is 22.6. The van der Waals surface area contributed by atoms with Crippen LogP contribution in [0.25, 0.3) is 21.6 Å². The monoisotopic (exact) mass is 584 g/mol. The first-order valence-electron chi connectivity index (χ1n) is 13.4. The first-order chi connectivity index (χ1) is 19.7. The smallest absolute Gasteiger partial charge is 0.264 e. The second-order valence-electron chi connectivity index (χ2n) is 10.4. The Balaban J connectivity index is 1.62. The third-order valence-corrected chi connectivity index (χ3v) is 8.86. The van der Waals surface area contributed by atoms with Gasteiger partial charge in [0.05, 0.1) is 28.3 Å². The van der Waals surface area contributed by atoms with Crippen molar-refractivity contribution in [1.29, 1.82) is 5.26 Å². The fraction of sp³-hybridized carbons (Fsp3) is 0.379. The van der Waals surface area contributed by atoms with Gasteiger partial charge < -0.3 is 26.1 Å². The molecular formula is C29H31F3N6O2S. The lowest BCUT2D eigenvalue weighted by Gasteiger charge is -2.41. The molecule has 3 aromatic rings. The topological polar surface area (TPSA) is 118 Å². The lowest BCUT2D eigenvalue weighted by molar-refractivity contribution is -0.0269. The van der Waals surface area contributed by atoms with Gasteiger partial charge in [-0.2, -0.15) is 5.26 Å². The SMILES string of the molecule is CNN(CC1(O)CCC1)c1c(N)cc(-c2sc(C(=O)N3CCCNCC3)cc2-c2ccc(C#N)c(F)c2)c(F)c1F. The lowest BCUT2D eigenvalue weighted by Crippen LogP contribution is -2.52. The van der Waals surface area contributed by atoms with E-state index in [1.807, 2.05) is 0 Å². The summed E-state index contributed by atoms with van der Waals surface area (Å²) in [5.74, 6) is -3.44. The Hall–Kier alpha value is -3.63. The van der Waals surface area contributed by atoms with Crippen LogP contribution in [-0.4, -0.2) is 61.3 Å². The highest BCUT2D eigenvalue weighted by Crippen LogP contribution is 2.45. The largest absolute Gasteiger partial charge is 0.397 e. The number of amides is 1. The van der Waals surface area contributed by atoms with E-state index in [-0.39, 0.29) is 44.7 Å². The van der Waals surface area contributed by atoms with Gasteiger partial charge in [-0.25, -0.2) is 18.6 Å². The number of hydrazine groups is 1. The molecule has 0 radical (unpaired) electrons. The molecule has 216 valence electrons. The molecule has 1 aliphatic carbocycles. The number of aliphatic hydroxyl groups is 1. The van der Waals surface area contributed by atoms with E-state index in [0.717, 1.165) is 36.8 Å². The van der Waals surface area contributed by atoms with Crippen molar-refractivity contribution >= 4 is 28.6 Å². The Labute approximate surface area is 240 Å². The highest BCUT2D eigenvalue weighted by molar-refractivity contribution is 7.18. The predicted octanol–water partition coefficient (Wildman–Crippen LogP) is 4.24. The number of halogens is 3. The molecule has 12 heteroatoms. The molecule has 2 heterocycles. The molecule has 1 aliphatic heterocycles. The maximum absolute atomic E-state index is 15.9. The number of nitrogens with one attached hydrogen (secondary N) is 2. The third-order valence-electron chi connectivity index (χ3n) is 7.70. The molecule has 0 spiro atoms. The summed E-state index contributed by atoms with van der Waals surface area (Å²) in [6, 6.07) is 8.56. The van der Waals surface area contributed by atoms with Gasteiger partial charge in [-0.05, 0) is 62.1 Å². The van der Waals surface area contributed by atoms with Crippen molar-refractivity contribution in [1.82, 2.24) is 15.6 Å². The van der Waals surface area contributed by atoms with Crippen LogP contribution in [0.5, 0.6) is 0 Å². The van der Waals surface area contributed by atoms with Crippen LogP contribution in [-0.2, 0) is 0 Å². The van der Waals surface area contributed by atoms with Crippen molar-refractivity contribution in [3.05, 3.63) is 58.2 Å². The number of nitriles is 1. The zero-order chi connectivity index (χ0) is 29.3. The van der Waals surface area contributed by atoms with Crippen LogP contribution in [0.1, 0.15) is 40.9 Å². The van der Waals surface area contributed by atoms with E-state index in [0.29, 0.717) is 43.6 Å². The minimum absolute atomic E-state index is 0.0154. The number of nitrogens with two attached hydrogens (primary N) is 1. The normalized spacial score (nSPS) is 16.5. The molecule has 0 unspecified atom stereocenters. The molecule has 8 nitrogen and oxygen atoms in total. The Morgan fingerprint density at radius 3 is 2.61 bits per heavy atom. The highest BCUT2D eigenvalue weighted by Gasteiger charge is 2.38. The molecule has 41 heavy (non-hydrogen) atoms. The molecule has 2 fully saturated rings. The summed E-state index contributed by atoms with van der Waals surface area (Å²) in [4.78, 5) is 15.7. The predicted molar refractivity (Wildman–Crippen MR) is 153 cm³/mol. The van der Waals surface area contributed by atoms with Crippen molar-refractivity contribution in [2.75, 3.05) is 50.5 Å². The molecule has 2 aromatic carbocycles. The fourth-order valence-corrected chi connectivity index (χ4v) is 6.43. The summed E-state index contributed by atoms with van der Waals surface area (Å²) in [5, 5.41) is 24.3. The Morgan fingerprint density at radius 2 is 1.95 bits per heavy atom. The van der Waals surface area contributed by atoms with E-state index in [9.17, 15) is 14.3 Å². The van der Waals surface area contributed by atoms with Crippen LogP contribution < -0.4 is 21.5 Å². The number of nitrogen functional groups attached to an aromatic ring is 1. The van der Waals surface area contributed by atoms with Gasteiger partial charge in [-0.1, -0.05) is 6.07 Å². The first kappa shape index (κ1) is 28.9. The van der Waals surface area contributed by atoms with Crippen molar-refractivity contribution in [2.45, 2.75) is 31.3 Å². The Bertz CT molecular complexity index is 1510. The maximum Gasteiger partial charge on any atom is 0.264 e. The van der Waals surface area contributed by atoms with Crippen molar-refractivity contribution < 1.29 is 23.1 Å². The van der Waals surface area contributed by atoms with Gasteiger partial charge in [-0.3, -0.25) is 4.79 Å². The van der Waals surface area contributed by atoms with Crippen LogP contribution in [0.4, 0.5) is 24.5 Å². The van der Waals surface area contributed by atoms with Gasteiger partial charge in [-0.15, -0.1) is 11.3 Å². The third kappa shape index (κ3) is 5.63. The molecule has 5 rings (SSSR count). The summed E-state index contributed by atoms with van der Waals surface area (Å²) in [6.07, 6.45) is 2.69. The molecule has 0 bridgehead atoms. The van der Waals surface area contributed by atoms with Gasteiger partial charge in [0.1, 0.15) is 17.6 Å². The van der Waals surface area contributed by atoms with E-state index < -0.39 is 23.1 Å². The summed E-state index contributed by atoms with van der Waals surface area (Å²) in [6.45, 7) is 2.46. The summed E-state index contributed by atoms with van der Waals surface area (Å²) in [5.41, 5.74) is 8.02. The van der Waals surface area contributed by atoms with E-state index in [4.69, 9.17) is 11.0 Å². The summed E-state index contributed by atoms with van der Waals surface area (Å²) >= 11 is 0.976. The Morgan fingerprint density at radius 1 is 1.17 bits per heavy atom. The molecule has 2 aliphatic rings. The van der Waals surface area contributed by atoms with Crippen LogP contribution in [0.2, 0.25) is 0 Å². The molecule has 1 saturated carbocycles. The minimum atomic E-state index is -1.21. The van der Waals surface area contributed by atoms with Crippen molar-refractivity contribution in [3.63, 3.8) is 0 Å². The van der Waals surface area contributed by atoms with Gasteiger partial charge in [0.15, 0.2) is 11.6 Å². The quantitative estimate of drug-likeness (QED) is 0.242. The van der Waals surface area contributed by atoms with E-state index in [1.165, 1.54) is 30.3 Å². The van der Waals surface area contributed by atoms with Crippen molar-refractivity contribution in [3.8, 4) is 27.6 Å². The summed E-state index contributed by atoms with van der Waals surface area (Å²) < 4.78 is 46.3. The molecule has 0 atom stereocenters. The lowest BCUT2D eigenvalue weighted by atomic mass is 9.80. The number of hydrogen-bond acceptors (Lipinski definition) is 8. The second-order valence-corrected chi connectivity index (χ2v) is 11.5. The molecule has 1 saturated heterocycles. The number of carbonyl (C=O) groups is 1. The number of thiophene rings is 1. The van der Waals surface area contributed by atoms with E-state index in [2.05, 4.69) is 10.7 Å². The fourth-order valence-electron chi connectivity index (χ4n) is 5.27. The van der Waals surface area contributed by atoms with Crippen LogP contribution in [0.3, 0.4) is 0 Å². The van der Waals surface area contributed by atoms with Crippen LogP contribution >= 0.6 is 11.3 Å². The van der Waals surface area contributed by atoms with Gasteiger partial charge in [0.25, 0.3) is 5.91 Å². The minimum Gasteiger partial charge on any atom is -0.397 e. The molecular weight excluding hydrogens is 553 g/mol. The number of carbonyl (C=O) groups excluding carboxylic acids is 1. The van der Waals surface area contributed by atoms with Crippen LogP contribution in [0.15, 0.2) is 30.3 Å². The van der Waals surface area contributed by atoms with Crippen molar-refractivity contribution in [2.24, 2.45) is 0 Å². The molecule has 1 amide bonds. The van der Waals surface area contributed by atoms with Gasteiger partial charge >= 0.3 is 0 Å².